The van der Waals surface area contributed by atoms with Crippen LogP contribution in [0.5, 0.6) is 0 Å². The van der Waals surface area contributed by atoms with E-state index in [-0.39, 0.29) is 17.5 Å². The van der Waals surface area contributed by atoms with Crippen molar-refractivity contribution in [3.05, 3.63) is 29.8 Å². The molecule has 0 bridgehead atoms. The molecule has 0 radical (unpaired) electrons. The number of fused-ring (bicyclic) bond motifs is 1. The number of hydrogen-bond donors (Lipinski definition) is 2. The van der Waals surface area contributed by atoms with Gasteiger partial charge in [0.25, 0.3) is 5.91 Å². The lowest BCUT2D eigenvalue weighted by Gasteiger charge is -2.19. The third-order valence-electron chi connectivity index (χ3n) is 4.30. The van der Waals surface area contributed by atoms with Gasteiger partial charge in [0.2, 0.25) is 5.91 Å². The second-order valence-electron chi connectivity index (χ2n) is 5.92. The van der Waals surface area contributed by atoms with Crippen molar-refractivity contribution in [1.29, 1.82) is 0 Å². The van der Waals surface area contributed by atoms with E-state index in [0.717, 1.165) is 30.6 Å². The van der Waals surface area contributed by atoms with E-state index in [2.05, 4.69) is 20.8 Å². The van der Waals surface area contributed by atoms with Gasteiger partial charge in [-0.25, -0.2) is 0 Å². The molecule has 0 saturated carbocycles. The Morgan fingerprint density at radius 3 is 2.96 bits per heavy atom. The summed E-state index contributed by atoms with van der Waals surface area (Å²) in [7, 11) is 0. The van der Waals surface area contributed by atoms with Crippen molar-refractivity contribution in [2.75, 3.05) is 24.2 Å². The van der Waals surface area contributed by atoms with E-state index >= 15 is 0 Å². The summed E-state index contributed by atoms with van der Waals surface area (Å²) in [6.45, 7) is 1.60. The highest BCUT2D eigenvalue weighted by atomic mass is 32.2. The highest BCUT2D eigenvalue weighted by Gasteiger charge is 2.32. The first-order chi connectivity index (χ1) is 11.7. The van der Waals surface area contributed by atoms with Gasteiger partial charge in [-0.2, -0.15) is 0 Å². The van der Waals surface area contributed by atoms with Crippen LogP contribution >= 0.6 is 11.8 Å². The first kappa shape index (κ1) is 15.3. The van der Waals surface area contributed by atoms with Gasteiger partial charge in [0, 0.05) is 18.2 Å². The Labute approximate surface area is 143 Å². The zero-order chi connectivity index (χ0) is 16.5. The molecule has 2 N–H and O–H groups in total. The fraction of sp³-hybridized carbons (Fsp3) is 0.375. The Kier molecular flexibility index (Phi) is 4.07. The third kappa shape index (κ3) is 2.83. The molecule has 1 aromatic carbocycles. The van der Waals surface area contributed by atoms with Gasteiger partial charge < -0.3 is 10.6 Å². The molecule has 3 aliphatic rings. The summed E-state index contributed by atoms with van der Waals surface area (Å²) < 4.78 is 0. The molecule has 3 heterocycles. The Balaban J connectivity index is 1.58. The van der Waals surface area contributed by atoms with Crippen molar-refractivity contribution in [2.24, 2.45) is 10.2 Å². The molecule has 1 unspecified atom stereocenters. The van der Waals surface area contributed by atoms with E-state index in [9.17, 15) is 9.59 Å². The molecule has 8 heteroatoms. The lowest BCUT2D eigenvalue weighted by molar-refractivity contribution is -0.124. The second kappa shape index (κ2) is 6.37. The summed E-state index contributed by atoms with van der Waals surface area (Å²) in [6, 6.07) is 7.68. The quantitative estimate of drug-likeness (QED) is 0.803. The van der Waals surface area contributed by atoms with Crippen LogP contribution in [0, 0.1) is 0 Å². The predicted octanol–water partition coefficient (Wildman–Crippen LogP) is 1.03. The van der Waals surface area contributed by atoms with Crippen LogP contribution in [0.1, 0.15) is 18.4 Å². The third-order valence-corrected chi connectivity index (χ3v) is 5.25. The van der Waals surface area contributed by atoms with E-state index in [1.165, 1.54) is 11.8 Å². The highest BCUT2D eigenvalue weighted by Crippen LogP contribution is 2.24. The van der Waals surface area contributed by atoms with Crippen LogP contribution in [-0.4, -0.2) is 52.5 Å². The van der Waals surface area contributed by atoms with Gasteiger partial charge in [-0.15, -0.1) is 10.2 Å². The van der Waals surface area contributed by atoms with Crippen LogP contribution in [0.4, 0.5) is 5.69 Å². The lowest BCUT2D eigenvalue weighted by Crippen LogP contribution is -2.40. The summed E-state index contributed by atoms with van der Waals surface area (Å²) in [6.07, 6.45) is 2.19. The van der Waals surface area contributed by atoms with Crippen LogP contribution in [0.3, 0.4) is 0 Å². The number of anilines is 1. The zero-order valence-electron chi connectivity index (χ0n) is 13.0. The standard InChI is InChI=1S/C16H17N5O2S/c22-13-9-24-16(21(13)8-10-4-3-7-17-10)20-19-14-11-5-1-2-6-12(11)18-15(14)23/h1-2,5-6,10,17H,3-4,7-9H2,(H,18,19,23)/b20-16-. The van der Waals surface area contributed by atoms with Crippen LogP contribution in [-0.2, 0) is 9.59 Å². The minimum absolute atomic E-state index is 0.0453. The predicted molar refractivity (Wildman–Crippen MR) is 94.2 cm³/mol. The van der Waals surface area contributed by atoms with E-state index in [1.54, 1.807) is 4.90 Å². The summed E-state index contributed by atoms with van der Waals surface area (Å²) in [4.78, 5) is 25.8. The molecule has 0 spiro atoms. The van der Waals surface area contributed by atoms with E-state index < -0.39 is 0 Å². The molecule has 2 fully saturated rings. The molecular formula is C16H17N5O2S. The fourth-order valence-electron chi connectivity index (χ4n) is 3.08. The first-order valence-corrected chi connectivity index (χ1v) is 8.94. The first-order valence-electron chi connectivity index (χ1n) is 7.95. The van der Waals surface area contributed by atoms with Crippen molar-refractivity contribution in [3.63, 3.8) is 0 Å². The van der Waals surface area contributed by atoms with Crippen LogP contribution in [0.15, 0.2) is 34.5 Å². The normalized spacial score (nSPS) is 26.5. The number of carbonyl (C=O) groups is 2. The number of rotatable bonds is 3. The number of amidine groups is 1. The molecular weight excluding hydrogens is 326 g/mol. The van der Waals surface area contributed by atoms with Crippen LogP contribution < -0.4 is 10.6 Å². The van der Waals surface area contributed by atoms with Gasteiger partial charge in [0.1, 0.15) is 0 Å². The Morgan fingerprint density at radius 1 is 1.25 bits per heavy atom. The number of hydrogen-bond acceptors (Lipinski definition) is 6. The maximum Gasteiger partial charge on any atom is 0.276 e. The summed E-state index contributed by atoms with van der Waals surface area (Å²) in [5.41, 5.74) is 1.77. The molecule has 0 aliphatic carbocycles. The van der Waals surface area contributed by atoms with Crippen molar-refractivity contribution >= 4 is 40.1 Å². The zero-order valence-corrected chi connectivity index (χ0v) is 13.8. The Morgan fingerprint density at radius 2 is 2.12 bits per heavy atom. The molecule has 124 valence electrons. The number of benzene rings is 1. The lowest BCUT2D eigenvalue weighted by atomic mass is 10.1. The number of para-hydroxylation sites is 1. The second-order valence-corrected chi connectivity index (χ2v) is 6.86. The van der Waals surface area contributed by atoms with Crippen molar-refractivity contribution in [3.8, 4) is 0 Å². The average molecular weight is 343 g/mol. The highest BCUT2D eigenvalue weighted by molar-refractivity contribution is 8.15. The van der Waals surface area contributed by atoms with E-state index in [1.807, 2.05) is 24.3 Å². The average Bonchev–Trinajstić information content (AvgIpc) is 3.28. The van der Waals surface area contributed by atoms with Gasteiger partial charge in [0.15, 0.2) is 10.9 Å². The molecule has 7 nitrogen and oxygen atoms in total. The SMILES string of the molecule is O=C1Nc2ccccc2/C1=N/N=C1\SCC(=O)N1CC1CCCN1. The van der Waals surface area contributed by atoms with Crippen molar-refractivity contribution in [1.82, 2.24) is 10.2 Å². The molecule has 2 amide bonds. The smallest absolute Gasteiger partial charge is 0.276 e. The minimum Gasteiger partial charge on any atom is -0.320 e. The number of carbonyl (C=O) groups excluding carboxylic acids is 2. The minimum atomic E-state index is -0.265. The molecule has 3 aliphatic heterocycles. The molecule has 2 saturated heterocycles. The van der Waals surface area contributed by atoms with Crippen LogP contribution in [0.2, 0.25) is 0 Å². The Bertz CT molecular complexity index is 755. The number of thioether (sulfide) groups is 1. The maximum absolute atomic E-state index is 12.1. The van der Waals surface area contributed by atoms with E-state index in [0.29, 0.717) is 23.5 Å². The monoisotopic (exact) mass is 343 g/mol. The summed E-state index contributed by atoms with van der Waals surface area (Å²) >= 11 is 1.37. The van der Waals surface area contributed by atoms with Crippen molar-refractivity contribution < 1.29 is 9.59 Å². The topological polar surface area (TPSA) is 86.2 Å². The molecule has 4 rings (SSSR count). The van der Waals surface area contributed by atoms with Gasteiger partial charge >= 0.3 is 0 Å². The number of amides is 2. The largest absolute Gasteiger partial charge is 0.320 e. The molecule has 1 aromatic rings. The molecule has 0 aromatic heterocycles. The van der Waals surface area contributed by atoms with Crippen LogP contribution in [0.25, 0.3) is 0 Å². The summed E-state index contributed by atoms with van der Waals surface area (Å²) in [5.74, 6) is 0.155. The van der Waals surface area contributed by atoms with E-state index in [4.69, 9.17) is 0 Å². The number of nitrogens with zero attached hydrogens (tertiary/aromatic N) is 3. The number of nitrogens with one attached hydrogen (secondary N) is 2. The molecule has 1 atom stereocenters. The van der Waals surface area contributed by atoms with Gasteiger partial charge in [0.05, 0.1) is 11.4 Å². The van der Waals surface area contributed by atoms with Gasteiger partial charge in [-0.05, 0) is 25.5 Å². The Hall–Kier alpha value is -2.19. The maximum atomic E-state index is 12.1. The van der Waals surface area contributed by atoms with Gasteiger partial charge in [-0.1, -0.05) is 30.0 Å². The molecule has 24 heavy (non-hydrogen) atoms. The van der Waals surface area contributed by atoms with Gasteiger partial charge in [-0.3, -0.25) is 14.5 Å². The van der Waals surface area contributed by atoms with Crippen molar-refractivity contribution in [2.45, 2.75) is 18.9 Å². The fourth-order valence-corrected chi connectivity index (χ4v) is 3.92. The summed E-state index contributed by atoms with van der Waals surface area (Å²) in [5, 5.41) is 15.1.